The lowest BCUT2D eigenvalue weighted by molar-refractivity contribution is -0.105. The van der Waals surface area contributed by atoms with Crippen LogP contribution in [0, 0.1) is 0 Å². The van der Waals surface area contributed by atoms with E-state index < -0.39 is 0 Å². The molecule has 0 atom stereocenters. The van der Waals surface area contributed by atoms with Gasteiger partial charge in [0.15, 0.2) is 0 Å². The average Bonchev–Trinajstić information content (AvgIpc) is 2.72. The van der Waals surface area contributed by atoms with Crippen LogP contribution >= 0.6 is 0 Å². The summed E-state index contributed by atoms with van der Waals surface area (Å²) in [6.45, 7) is 0. The monoisotopic (exact) mass is 189 g/mol. The van der Waals surface area contributed by atoms with Gasteiger partial charge in [-0.15, -0.1) is 10.2 Å². The molecule has 0 bridgehead atoms. The smallest absolute Gasteiger partial charge is 0.247 e. The van der Waals surface area contributed by atoms with Gasteiger partial charge in [0.25, 0.3) is 0 Å². The zero-order valence-electron chi connectivity index (χ0n) is 7.18. The molecular formula is C9H7N3O2. The topological polar surface area (TPSA) is 68.0 Å². The van der Waals surface area contributed by atoms with Crippen LogP contribution in [-0.2, 0) is 4.79 Å². The minimum Gasteiger partial charge on any atom is -0.423 e. The first-order valence-corrected chi connectivity index (χ1v) is 3.97. The highest BCUT2D eigenvalue weighted by Crippen LogP contribution is 2.18. The largest absolute Gasteiger partial charge is 0.423 e. The van der Waals surface area contributed by atoms with E-state index in [4.69, 9.17) is 4.42 Å². The average molecular weight is 189 g/mol. The Morgan fingerprint density at radius 1 is 1.29 bits per heavy atom. The molecule has 5 nitrogen and oxygen atoms in total. The minimum absolute atomic E-state index is 0.461. The van der Waals surface area contributed by atoms with E-state index in [0.29, 0.717) is 12.3 Å². The molecule has 1 heterocycles. The van der Waals surface area contributed by atoms with E-state index >= 15 is 0 Å². The zero-order valence-corrected chi connectivity index (χ0v) is 7.18. The van der Waals surface area contributed by atoms with Crippen molar-refractivity contribution in [2.75, 3.05) is 5.32 Å². The van der Waals surface area contributed by atoms with Crippen LogP contribution in [0.3, 0.4) is 0 Å². The maximum absolute atomic E-state index is 10.1. The highest BCUT2D eigenvalue weighted by Gasteiger charge is 2.01. The van der Waals surface area contributed by atoms with Crippen LogP contribution in [0.15, 0.2) is 35.1 Å². The third kappa shape index (κ3) is 1.61. The van der Waals surface area contributed by atoms with Crippen molar-refractivity contribution in [2.24, 2.45) is 0 Å². The number of carbonyl (C=O) groups is 1. The number of anilines is 1. The SMILES string of the molecule is O=CNc1ccc(-c2nnco2)cc1. The number of rotatable bonds is 3. The number of carbonyl (C=O) groups excluding carboxylic acids is 1. The lowest BCUT2D eigenvalue weighted by Gasteiger charge is -1.98. The summed E-state index contributed by atoms with van der Waals surface area (Å²) in [5, 5.41) is 9.86. The lowest BCUT2D eigenvalue weighted by atomic mass is 10.2. The van der Waals surface area contributed by atoms with Gasteiger partial charge in [0, 0.05) is 11.3 Å². The van der Waals surface area contributed by atoms with Crippen LogP contribution in [-0.4, -0.2) is 16.6 Å². The molecule has 0 spiro atoms. The van der Waals surface area contributed by atoms with E-state index in [1.54, 1.807) is 24.3 Å². The van der Waals surface area contributed by atoms with Gasteiger partial charge >= 0.3 is 0 Å². The van der Waals surface area contributed by atoms with Gasteiger partial charge in [-0.05, 0) is 24.3 Å². The van der Waals surface area contributed by atoms with Crippen LogP contribution in [0.4, 0.5) is 5.69 Å². The summed E-state index contributed by atoms with van der Waals surface area (Å²) in [5.74, 6) is 0.461. The van der Waals surface area contributed by atoms with Crippen molar-refractivity contribution in [3.63, 3.8) is 0 Å². The maximum atomic E-state index is 10.1. The predicted octanol–water partition coefficient (Wildman–Crippen LogP) is 1.30. The Kier molecular flexibility index (Phi) is 2.22. The van der Waals surface area contributed by atoms with Gasteiger partial charge in [0.05, 0.1) is 0 Å². The number of benzene rings is 1. The minimum atomic E-state index is 0.461. The summed E-state index contributed by atoms with van der Waals surface area (Å²) in [4.78, 5) is 10.1. The summed E-state index contributed by atoms with van der Waals surface area (Å²) < 4.78 is 5.01. The van der Waals surface area contributed by atoms with Crippen molar-refractivity contribution in [1.29, 1.82) is 0 Å². The fraction of sp³-hybridized carbons (Fsp3) is 0. The second-order valence-corrected chi connectivity index (χ2v) is 2.58. The van der Waals surface area contributed by atoms with Crippen molar-refractivity contribution in [2.45, 2.75) is 0 Å². The molecule has 0 radical (unpaired) electrons. The Hall–Kier alpha value is -2.17. The molecule has 1 aromatic carbocycles. The molecule has 70 valence electrons. The van der Waals surface area contributed by atoms with Crippen LogP contribution in [0.25, 0.3) is 11.5 Å². The number of amides is 1. The van der Waals surface area contributed by atoms with Gasteiger partial charge < -0.3 is 9.73 Å². The summed E-state index contributed by atoms with van der Waals surface area (Å²) in [5.41, 5.74) is 1.54. The Bertz CT molecular complexity index is 408. The van der Waals surface area contributed by atoms with Gasteiger partial charge in [0.2, 0.25) is 18.7 Å². The first kappa shape index (κ1) is 8.43. The lowest BCUT2D eigenvalue weighted by Crippen LogP contribution is -1.92. The molecule has 5 heteroatoms. The van der Waals surface area contributed by atoms with Gasteiger partial charge in [-0.2, -0.15) is 0 Å². The van der Waals surface area contributed by atoms with E-state index in [0.717, 1.165) is 11.3 Å². The fourth-order valence-electron chi connectivity index (χ4n) is 1.08. The van der Waals surface area contributed by atoms with Crippen molar-refractivity contribution in [3.05, 3.63) is 30.7 Å². The second kappa shape index (κ2) is 3.69. The van der Waals surface area contributed by atoms with Crippen molar-refractivity contribution in [1.82, 2.24) is 10.2 Å². The van der Waals surface area contributed by atoms with Gasteiger partial charge in [-0.25, -0.2) is 0 Å². The Morgan fingerprint density at radius 2 is 2.07 bits per heavy atom. The molecule has 0 unspecified atom stereocenters. The van der Waals surface area contributed by atoms with E-state index in [-0.39, 0.29) is 0 Å². The standard InChI is InChI=1S/C9H7N3O2/c13-5-10-8-3-1-7(2-4-8)9-12-11-6-14-9/h1-6H,(H,10,13). The summed E-state index contributed by atoms with van der Waals surface area (Å²) in [7, 11) is 0. The van der Waals surface area contributed by atoms with Gasteiger partial charge in [-0.3, -0.25) is 4.79 Å². The van der Waals surface area contributed by atoms with Crippen molar-refractivity contribution < 1.29 is 9.21 Å². The van der Waals surface area contributed by atoms with E-state index in [1.165, 1.54) is 6.39 Å². The Morgan fingerprint density at radius 3 is 2.64 bits per heavy atom. The Labute approximate surface area is 79.8 Å². The molecule has 1 N–H and O–H groups in total. The zero-order chi connectivity index (χ0) is 9.80. The molecule has 0 aliphatic rings. The van der Waals surface area contributed by atoms with Crippen molar-refractivity contribution >= 4 is 12.1 Å². The maximum Gasteiger partial charge on any atom is 0.247 e. The molecule has 2 rings (SSSR count). The van der Waals surface area contributed by atoms with Crippen LogP contribution in [0.2, 0.25) is 0 Å². The molecule has 2 aromatic rings. The van der Waals surface area contributed by atoms with E-state index in [9.17, 15) is 4.79 Å². The predicted molar refractivity (Wildman–Crippen MR) is 49.4 cm³/mol. The van der Waals surface area contributed by atoms with Crippen LogP contribution < -0.4 is 5.32 Å². The number of hydrogen-bond donors (Lipinski definition) is 1. The summed E-state index contributed by atoms with van der Waals surface area (Å²) in [6.07, 6.45) is 1.90. The van der Waals surface area contributed by atoms with E-state index in [2.05, 4.69) is 15.5 Å². The van der Waals surface area contributed by atoms with E-state index in [1.807, 2.05) is 0 Å². The highest BCUT2D eigenvalue weighted by molar-refractivity contribution is 5.72. The first-order valence-electron chi connectivity index (χ1n) is 3.97. The third-order valence-corrected chi connectivity index (χ3v) is 1.72. The van der Waals surface area contributed by atoms with Crippen LogP contribution in [0.5, 0.6) is 0 Å². The summed E-state index contributed by atoms with van der Waals surface area (Å²) >= 11 is 0. The van der Waals surface area contributed by atoms with Crippen molar-refractivity contribution in [3.8, 4) is 11.5 Å². The molecule has 0 saturated heterocycles. The summed E-state index contributed by atoms with van der Waals surface area (Å²) in [6, 6.07) is 7.10. The highest BCUT2D eigenvalue weighted by atomic mass is 16.4. The number of aromatic nitrogens is 2. The molecule has 0 aliphatic carbocycles. The molecule has 1 amide bonds. The van der Waals surface area contributed by atoms with Gasteiger partial charge in [-0.1, -0.05) is 0 Å². The molecule has 0 saturated carbocycles. The number of nitrogens with zero attached hydrogens (tertiary/aromatic N) is 2. The molecule has 1 aromatic heterocycles. The molecular weight excluding hydrogens is 182 g/mol. The Balaban J connectivity index is 2.26. The molecule has 14 heavy (non-hydrogen) atoms. The quantitative estimate of drug-likeness (QED) is 0.739. The second-order valence-electron chi connectivity index (χ2n) is 2.58. The molecule has 0 aliphatic heterocycles. The molecule has 0 fully saturated rings. The normalized spacial score (nSPS) is 9.71. The van der Waals surface area contributed by atoms with Gasteiger partial charge in [0.1, 0.15) is 0 Å². The first-order chi connectivity index (χ1) is 6.90. The fourth-order valence-corrected chi connectivity index (χ4v) is 1.08. The number of nitrogens with one attached hydrogen (secondary N) is 1. The number of hydrogen-bond acceptors (Lipinski definition) is 4. The van der Waals surface area contributed by atoms with Crippen LogP contribution in [0.1, 0.15) is 0 Å². The third-order valence-electron chi connectivity index (χ3n) is 1.72.